The molecule has 3 nitrogen and oxygen atoms in total. The van der Waals surface area contributed by atoms with Crippen molar-refractivity contribution in [3.05, 3.63) is 35.4 Å². The summed E-state index contributed by atoms with van der Waals surface area (Å²) in [5.74, 6) is 0. The summed E-state index contributed by atoms with van der Waals surface area (Å²) in [6.07, 6.45) is 2.04. The third-order valence-electron chi connectivity index (χ3n) is 2.80. The van der Waals surface area contributed by atoms with Crippen LogP contribution in [0.25, 0.3) is 0 Å². The number of nitrogens with two attached hydrogens (primary N) is 1. The van der Waals surface area contributed by atoms with Crippen LogP contribution in [-0.2, 0) is 17.7 Å². The van der Waals surface area contributed by atoms with Gasteiger partial charge in [-0.3, -0.25) is 0 Å². The minimum absolute atomic E-state index is 0.719. The third-order valence-corrected chi connectivity index (χ3v) is 2.80. The number of benzene rings is 1. The minimum Gasteiger partial charge on any atom is -0.385 e. The lowest BCUT2D eigenvalue weighted by molar-refractivity contribution is 0.178. The van der Waals surface area contributed by atoms with E-state index in [0.29, 0.717) is 0 Å². The number of hydrogen-bond donors (Lipinski definition) is 1. The normalized spacial score (nSPS) is 11.1. The quantitative estimate of drug-likeness (QED) is 0.698. The molecule has 2 N–H and O–H groups in total. The first-order valence-corrected chi connectivity index (χ1v) is 6.21. The van der Waals surface area contributed by atoms with Crippen LogP contribution in [0, 0.1) is 0 Å². The Labute approximate surface area is 105 Å². The first-order chi connectivity index (χ1) is 8.26. The number of rotatable bonds is 8. The van der Waals surface area contributed by atoms with Crippen LogP contribution >= 0.6 is 0 Å². The summed E-state index contributed by atoms with van der Waals surface area (Å²) in [4.78, 5) is 2.32. The van der Waals surface area contributed by atoms with Gasteiger partial charge in [-0.2, -0.15) is 0 Å². The van der Waals surface area contributed by atoms with Crippen molar-refractivity contribution in [3.8, 4) is 0 Å². The summed E-state index contributed by atoms with van der Waals surface area (Å²) in [6.45, 7) is 3.61. The largest absolute Gasteiger partial charge is 0.385 e. The summed E-state index contributed by atoms with van der Waals surface area (Å²) >= 11 is 0. The van der Waals surface area contributed by atoms with E-state index in [2.05, 4.69) is 36.2 Å². The van der Waals surface area contributed by atoms with E-state index in [1.165, 1.54) is 11.1 Å². The predicted molar refractivity (Wildman–Crippen MR) is 72.0 cm³/mol. The van der Waals surface area contributed by atoms with Crippen LogP contribution in [0.15, 0.2) is 24.3 Å². The highest BCUT2D eigenvalue weighted by atomic mass is 16.5. The van der Waals surface area contributed by atoms with E-state index in [9.17, 15) is 0 Å². The van der Waals surface area contributed by atoms with Gasteiger partial charge in [-0.05, 0) is 37.6 Å². The highest BCUT2D eigenvalue weighted by molar-refractivity contribution is 5.22. The van der Waals surface area contributed by atoms with Crippen molar-refractivity contribution in [2.24, 2.45) is 5.73 Å². The molecule has 1 rings (SSSR count). The lowest BCUT2D eigenvalue weighted by atomic mass is 10.1. The molecule has 0 aliphatic carbocycles. The number of ether oxygens (including phenoxy) is 1. The molecule has 0 radical (unpaired) electrons. The van der Waals surface area contributed by atoms with Crippen molar-refractivity contribution >= 4 is 0 Å². The number of methoxy groups -OCH3 is 1. The van der Waals surface area contributed by atoms with E-state index >= 15 is 0 Å². The van der Waals surface area contributed by atoms with E-state index in [4.69, 9.17) is 10.5 Å². The van der Waals surface area contributed by atoms with Crippen LogP contribution < -0.4 is 5.73 Å². The summed E-state index contributed by atoms with van der Waals surface area (Å²) in [6, 6.07) is 8.73. The molecule has 0 unspecified atom stereocenters. The Kier molecular flexibility index (Phi) is 6.86. The average molecular weight is 236 g/mol. The van der Waals surface area contributed by atoms with Crippen molar-refractivity contribution in [3.63, 3.8) is 0 Å². The van der Waals surface area contributed by atoms with E-state index in [1.54, 1.807) is 7.11 Å². The molecule has 0 spiro atoms. The van der Waals surface area contributed by atoms with E-state index in [1.807, 2.05) is 0 Å². The summed E-state index contributed by atoms with van der Waals surface area (Å²) in [7, 11) is 3.89. The van der Waals surface area contributed by atoms with Gasteiger partial charge in [0.1, 0.15) is 0 Å². The molecule has 0 saturated heterocycles. The maximum atomic E-state index is 5.53. The van der Waals surface area contributed by atoms with Gasteiger partial charge in [-0.1, -0.05) is 24.3 Å². The second kappa shape index (κ2) is 8.23. The van der Waals surface area contributed by atoms with Crippen molar-refractivity contribution in [1.82, 2.24) is 4.90 Å². The predicted octanol–water partition coefficient (Wildman–Crippen LogP) is 1.66. The lowest BCUT2D eigenvalue weighted by Gasteiger charge is -2.16. The minimum atomic E-state index is 0.719. The second-order valence-electron chi connectivity index (χ2n) is 4.44. The first kappa shape index (κ1) is 14.2. The highest BCUT2D eigenvalue weighted by Crippen LogP contribution is 2.07. The molecule has 0 aliphatic rings. The molecule has 0 fully saturated rings. The molecule has 1 aromatic rings. The van der Waals surface area contributed by atoms with Crippen LogP contribution in [0.2, 0.25) is 0 Å². The molecular formula is C14H24N2O. The average Bonchev–Trinajstić information content (AvgIpc) is 2.32. The molecule has 96 valence electrons. The Morgan fingerprint density at radius 2 is 1.82 bits per heavy atom. The Hall–Kier alpha value is -0.900. The van der Waals surface area contributed by atoms with Crippen molar-refractivity contribution in [2.75, 3.05) is 33.9 Å². The van der Waals surface area contributed by atoms with Crippen molar-refractivity contribution < 1.29 is 4.74 Å². The van der Waals surface area contributed by atoms with Crippen LogP contribution in [0.1, 0.15) is 17.5 Å². The summed E-state index contributed by atoms with van der Waals surface area (Å²) in [5.41, 5.74) is 8.20. The molecular weight excluding hydrogens is 212 g/mol. The molecule has 0 aliphatic heterocycles. The Morgan fingerprint density at radius 1 is 1.18 bits per heavy atom. The van der Waals surface area contributed by atoms with Gasteiger partial charge in [-0.25, -0.2) is 0 Å². The Morgan fingerprint density at radius 3 is 2.41 bits per heavy atom. The molecule has 1 aromatic carbocycles. The van der Waals surface area contributed by atoms with Gasteiger partial charge >= 0.3 is 0 Å². The first-order valence-electron chi connectivity index (χ1n) is 6.21. The van der Waals surface area contributed by atoms with Crippen LogP contribution in [-0.4, -0.2) is 38.8 Å². The molecule has 0 saturated carbocycles. The van der Waals surface area contributed by atoms with Crippen molar-refractivity contribution in [1.29, 1.82) is 0 Å². The van der Waals surface area contributed by atoms with Gasteiger partial charge in [0.05, 0.1) is 0 Å². The highest BCUT2D eigenvalue weighted by Gasteiger charge is 2.00. The van der Waals surface area contributed by atoms with Gasteiger partial charge in [-0.15, -0.1) is 0 Å². The number of nitrogens with zero attached hydrogens (tertiary/aromatic N) is 1. The Balaban J connectivity index is 2.34. The van der Waals surface area contributed by atoms with Gasteiger partial charge in [0.25, 0.3) is 0 Å². The fourth-order valence-electron chi connectivity index (χ4n) is 1.85. The van der Waals surface area contributed by atoms with Gasteiger partial charge in [0, 0.05) is 26.8 Å². The molecule has 0 aromatic heterocycles. The zero-order valence-electron chi connectivity index (χ0n) is 11.0. The van der Waals surface area contributed by atoms with Gasteiger partial charge in [0.15, 0.2) is 0 Å². The molecule has 0 amide bonds. The summed E-state index contributed by atoms with van der Waals surface area (Å²) < 4.78 is 5.05. The maximum absolute atomic E-state index is 5.53. The number of hydrogen-bond acceptors (Lipinski definition) is 3. The van der Waals surface area contributed by atoms with Crippen LogP contribution in [0.4, 0.5) is 0 Å². The zero-order chi connectivity index (χ0) is 12.5. The third kappa shape index (κ3) is 5.82. The summed E-state index contributed by atoms with van der Waals surface area (Å²) in [5, 5.41) is 0. The van der Waals surface area contributed by atoms with Crippen LogP contribution in [0.3, 0.4) is 0 Å². The molecule has 0 atom stereocenters. The zero-order valence-corrected chi connectivity index (χ0v) is 11.0. The fraction of sp³-hybridized carbons (Fsp3) is 0.571. The maximum Gasteiger partial charge on any atom is 0.0474 e. The topological polar surface area (TPSA) is 38.5 Å². The van der Waals surface area contributed by atoms with Gasteiger partial charge in [0.2, 0.25) is 0 Å². The van der Waals surface area contributed by atoms with E-state index in [-0.39, 0.29) is 0 Å². The standard InChI is InChI=1S/C14H24N2O/c1-16(10-3-11-17-2)12-14-6-4-13(5-7-14)8-9-15/h4-7H,3,8-12,15H2,1-2H3. The second-order valence-corrected chi connectivity index (χ2v) is 4.44. The van der Waals surface area contributed by atoms with Gasteiger partial charge < -0.3 is 15.4 Å². The van der Waals surface area contributed by atoms with E-state index in [0.717, 1.165) is 39.1 Å². The molecule has 0 bridgehead atoms. The monoisotopic (exact) mass is 236 g/mol. The SMILES string of the molecule is COCCCN(C)Cc1ccc(CCN)cc1. The molecule has 17 heavy (non-hydrogen) atoms. The molecule has 3 heteroatoms. The van der Waals surface area contributed by atoms with E-state index < -0.39 is 0 Å². The van der Waals surface area contributed by atoms with Crippen LogP contribution in [0.5, 0.6) is 0 Å². The molecule has 0 heterocycles. The smallest absolute Gasteiger partial charge is 0.0474 e. The fourth-order valence-corrected chi connectivity index (χ4v) is 1.85. The Bertz CT molecular complexity index is 298. The van der Waals surface area contributed by atoms with Crippen molar-refractivity contribution in [2.45, 2.75) is 19.4 Å². The lowest BCUT2D eigenvalue weighted by Crippen LogP contribution is -2.20.